The first-order chi connectivity index (χ1) is 9.28. The second kappa shape index (κ2) is 7.12. The van der Waals surface area contributed by atoms with Gasteiger partial charge in [0.25, 0.3) is 0 Å². The number of hydrogen-bond acceptors (Lipinski definition) is 4. The predicted octanol–water partition coefficient (Wildman–Crippen LogP) is 0.890. The fourth-order valence-electron chi connectivity index (χ4n) is 1.75. The SMILES string of the molecule is CN(C)CCCN(C)S(=O)(=O)c1ccc(CO)cc1F. The topological polar surface area (TPSA) is 60.9 Å². The maximum absolute atomic E-state index is 13.8. The molecule has 20 heavy (non-hydrogen) atoms. The molecule has 0 aliphatic carbocycles. The molecule has 0 saturated carbocycles. The minimum absolute atomic E-state index is 0.321. The highest BCUT2D eigenvalue weighted by molar-refractivity contribution is 7.89. The molecular weight excluding hydrogens is 283 g/mol. The number of nitrogens with zero attached hydrogens (tertiary/aromatic N) is 2. The van der Waals surface area contributed by atoms with Gasteiger partial charge in [-0.3, -0.25) is 0 Å². The molecule has 0 aliphatic heterocycles. The van der Waals surface area contributed by atoms with Gasteiger partial charge in [-0.2, -0.15) is 0 Å². The van der Waals surface area contributed by atoms with Gasteiger partial charge in [0.1, 0.15) is 10.7 Å². The van der Waals surface area contributed by atoms with Crippen LogP contribution in [0.4, 0.5) is 4.39 Å². The minimum Gasteiger partial charge on any atom is -0.392 e. The summed E-state index contributed by atoms with van der Waals surface area (Å²) in [5, 5.41) is 8.90. The number of rotatable bonds is 7. The van der Waals surface area contributed by atoms with Crippen LogP contribution in [0.25, 0.3) is 0 Å². The summed E-state index contributed by atoms with van der Waals surface area (Å²) in [4.78, 5) is 1.60. The highest BCUT2D eigenvalue weighted by Gasteiger charge is 2.24. The van der Waals surface area contributed by atoms with Gasteiger partial charge in [-0.1, -0.05) is 6.07 Å². The van der Waals surface area contributed by atoms with E-state index in [1.807, 2.05) is 19.0 Å². The zero-order chi connectivity index (χ0) is 15.3. The highest BCUT2D eigenvalue weighted by Crippen LogP contribution is 2.19. The average Bonchev–Trinajstić information content (AvgIpc) is 2.37. The number of halogens is 1. The van der Waals surface area contributed by atoms with Gasteiger partial charge < -0.3 is 10.0 Å². The van der Waals surface area contributed by atoms with Crippen LogP contribution in [0.1, 0.15) is 12.0 Å². The summed E-state index contributed by atoms with van der Waals surface area (Å²) < 4.78 is 39.4. The lowest BCUT2D eigenvalue weighted by Gasteiger charge is -2.19. The van der Waals surface area contributed by atoms with Crippen LogP contribution < -0.4 is 0 Å². The van der Waals surface area contributed by atoms with Crippen molar-refractivity contribution in [3.8, 4) is 0 Å². The predicted molar refractivity (Wildman–Crippen MR) is 75.3 cm³/mol. The maximum Gasteiger partial charge on any atom is 0.245 e. The molecule has 0 heterocycles. The summed E-state index contributed by atoms with van der Waals surface area (Å²) in [5.74, 6) is -0.837. The molecule has 0 aliphatic rings. The molecule has 7 heteroatoms. The van der Waals surface area contributed by atoms with Crippen LogP contribution in [0.15, 0.2) is 23.1 Å². The van der Waals surface area contributed by atoms with Gasteiger partial charge in [0.05, 0.1) is 6.61 Å². The normalized spacial score (nSPS) is 12.3. The molecule has 0 unspecified atom stereocenters. The monoisotopic (exact) mass is 304 g/mol. The standard InChI is InChI=1S/C13H21FN2O3S/c1-15(2)7-4-8-16(3)20(18,19)13-6-5-11(10-17)9-12(13)14/h5-6,9,17H,4,7-8,10H2,1-3H3. The maximum atomic E-state index is 13.8. The van der Waals surface area contributed by atoms with E-state index in [2.05, 4.69) is 0 Å². The Morgan fingerprint density at radius 2 is 1.85 bits per heavy atom. The quantitative estimate of drug-likeness (QED) is 0.813. The third-order valence-corrected chi connectivity index (χ3v) is 4.84. The second-order valence-electron chi connectivity index (χ2n) is 4.91. The summed E-state index contributed by atoms with van der Waals surface area (Å²) in [7, 11) is 1.41. The third kappa shape index (κ3) is 4.24. The van der Waals surface area contributed by atoms with Gasteiger partial charge in [0.15, 0.2) is 0 Å². The lowest BCUT2D eigenvalue weighted by Crippen LogP contribution is -2.30. The van der Waals surface area contributed by atoms with Crippen LogP contribution in [0.2, 0.25) is 0 Å². The van der Waals surface area contributed by atoms with Crippen molar-refractivity contribution >= 4 is 10.0 Å². The number of sulfonamides is 1. The van der Waals surface area contributed by atoms with E-state index in [1.165, 1.54) is 19.2 Å². The van der Waals surface area contributed by atoms with Crippen molar-refractivity contribution in [3.05, 3.63) is 29.6 Å². The molecule has 5 nitrogen and oxygen atoms in total. The number of hydrogen-bond donors (Lipinski definition) is 1. The van der Waals surface area contributed by atoms with Crippen molar-refractivity contribution < 1.29 is 17.9 Å². The van der Waals surface area contributed by atoms with Crippen LogP contribution in [-0.4, -0.2) is 57.0 Å². The van der Waals surface area contributed by atoms with Crippen LogP contribution in [0.5, 0.6) is 0 Å². The van der Waals surface area contributed by atoms with E-state index in [1.54, 1.807) is 0 Å². The van der Waals surface area contributed by atoms with Crippen molar-refractivity contribution in [3.63, 3.8) is 0 Å². The molecule has 0 bridgehead atoms. The Morgan fingerprint density at radius 3 is 2.35 bits per heavy atom. The molecule has 114 valence electrons. The first-order valence-electron chi connectivity index (χ1n) is 6.29. The Balaban J connectivity index is 2.87. The van der Waals surface area contributed by atoms with E-state index in [4.69, 9.17) is 5.11 Å². The summed E-state index contributed by atoms with van der Waals surface area (Å²) in [5.41, 5.74) is 0.344. The Kier molecular flexibility index (Phi) is 6.07. The van der Waals surface area contributed by atoms with Crippen molar-refractivity contribution in [2.24, 2.45) is 0 Å². The fourth-order valence-corrected chi connectivity index (χ4v) is 3.00. The molecule has 1 N–H and O–H groups in total. The molecule has 0 aromatic heterocycles. The van der Waals surface area contributed by atoms with Crippen molar-refractivity contribution in [2.45, 2.75) is 17.9 Å². The lowest BCUT2D eigenvalue weighted by atomic mass is 10.2. The average molecular weight is 304 g/mol. The fraction of sp³-hybridized carbons (Fsp3) is 0.538. The molecule has 0 atom stereocenters. The number of aliphatic hydroxyl groups is 1. The molecular formula is C13H21FN2O3S. The van der Waals surface area contributed by atoms with Crippen LogP contribution in [-0.2, 0) is 16.6 Å². The van der Waals surface area contributed by atoms with E-state index in [9.17, 15) is 12.8 Å². The molecule has 0 saturated heterocycles. The molecule has 1 rings (SSSR count). The minimum atomic E-state index is -3.83. The van der Waals surface area contributed by atoms with Gasteiger partial charge in [0, 0.05) is 13.6 Å². The van der Waals surface area contributed by atoms with Gasteiger partial charge in [0.2, 0.25) is 10.0 Å². The molecule has 0 spiro atoms. The number of aliphatic hydroxyl groups excluding tert-OH is 1. The molecule has 0 fully saturated rings. The van der Waals surface area contributed by atoms with Crippen molar-refractivity contribution in [1.29, 1.82) is 0 Å². The van der Waals surface area contributed by atoms with Crippen LogP contribution in [0, 0.1) is 5.82 Å². The Hall–Kier alpha value is -1.02. The Morgan fingerprint density at radius 1 is 1.20 bits per heavy atom. The summed E-state index contributed by atoms with van der Waals surface area (Å²) in [6, 6.07) is 3.64. The van der Waals surface area contributed by atoms with E-state index >= 15 is 0 Å². The molecule has 0 radical (unpaired) electrons. The molecule has 0 amide bonds. The van der Waals surface area contributed by atoms with Gasteiger partial charge in [-0.15, -0.1) is 0 Å². The summed E-state index contributed by atoms with van der Waals surface area (Å²) >= 11 is 0. The van der Waals surface area contributed by atoms with E-state index in [0.717, 1.165) is 16.9 Å². The zero-order valence-electron chi connectivity index (χ0n) is 12.0. The van der Waals surface area contributed by atoms with Gasteiger partial charge in [-0.25, -0.2) is 17.1 Å². The summed E-state index contributed by atoms with van der Waals surface area (Å²) in [6.07, 6.45) is 0.666. The third-order valence-electron chi connectivity index (χ3n) is 2.95. The molecule has 1 aromatic rings. The van der Waals surface area contributed by atoms with E-state index in [-0.39, 0.29) is 11.5 Å². The van der Waals surface area contributed by atoms with Gasteiger partial charge in [-0.05, 0) is 44.8 Å². The largest absolute Gasteiger partial charge is 0.392 e. The number of benzene rings is 1. The first-order valence-corrected chi connectivity index (χ1v) is 7.73. The zero-order valence-corrected chi connectivity index (χ0v) is 12.8. The smallest absolute Gasteiger partial charge is 0.245 e. The first kappa shape index (κ1) is 17.0. The summed E-state index contributed by atoms with van der Waals surface area (Å²) in [6.45, 7) is 0.753. The van der Waals surface area contributed by atoms with Crippen molar-refractivity contribution in [2.75, 3.05) is 34.2 Å². The Labute approximate surface area is 119 Å². The van der Waals surface area contributed by atoms with Crippen LogP contribution in [0.3, 0.4) is 0 Å². The van der Waals surface area contributed by atoms with Gasteiger partial charge >= 0.3 is 0 Å². The lowest BCUT2D eigenvalue weighted by molar-refractivity contribution is 0.281. The van der Waals surface area contributed by atoms with E-state index in [0.29, 0.717) is 18.5 Å². The Bertz CT molecular complexity index is 547. The van der Waals surface area contributed by atoms with Crippen molar-refractivity contribution in [1.82, 2.24) is 9.21 Å². The highest BCUT2D eigenvalue weighted by atomic mass is 32.2. The second-order valence-corrected chi connectivity index (χ2v) is 6.92. The van der Waals surface area contributed by atoms with Crippen LogP contribution >= 0.6 is 0 Å². The molecule has 1 aromatic carbocycles. The van der Waals surface area contributed by atoms with E-state index < -0.39 is 15.8 Å².